The van der Waals surface area contributed by atoms with Crippen LogP contribution in [0.3, 0.4) is 0 Å². The minimum absolute atomic E-state index is 0.227. The molecule has 2 N–H and O–H groups in total. The smallest absolute Gasteiger partial charge is 0.326 e. The quantitative estimate of drug-likeness (QED) is 0.529. The maximum atomic E-state index is 11.1. The first kappa shape index (κ1) is 17.4. The number of aliphatic carboxylic acids is 1. The summed E-state index contributed by atoms with van der Waals surface area (Å²) in [5.41, 5.74) is -0.961. The fourth-order valence-electron chi connectivity index (χ4n) is 1.84. The van der Waals surface area contributed by atoms with E-state index in [1.807, 2.05) is 6.92 Å². The van der Waals surface area contributed by atoms with Crippen LogP contribution in [0.25, 0.3) is 0 Å². The number of carboxylic acids is 1. The van der Waals surface area contributed by atoms with Crippen LogP contribution in [-0.2, 0) is 9.53 Å². The third-order valence-corrected chi connectivity index (χ3v) is 3.07. The number of rotatable bonds is 12. The van der Waals surface area contributed by atoms with Crippen LogP contribution in [-0.4, -0.2) is 36.4 Å². The van der Waals surface area contributed by atoms with E-state index in [1.54, 1.807) is 6.92 Å². The molecule has 0 saturated carbocycles. The lowest BCUT2D eigenvalue weighted by atomic mass is 10.0. The van der Waals surface area contributed by atoms with Crippen LogP contribution in [0.5, 0.6) is 0 Å². The number of nitrogens with one attached hydrogen (secondary N) is 1. The van der Waals surface area contributed by atoms with E-state index in [0.717, 1.165) is 6.42 Å². The van der Waals surface area contributed by atoms with Crippen molar-refractivity contribution in [3.05, 3.63) is 0 Å². The minimum Gasteiger partial charge on any atom is -0.480 e. The molecule has 0 amide bonds. The topological polar surface area (TPSA) is 58.6 Å². The molecule has 0 saturated heterocycles. The molecule has 0 rings (SSSR count). The number of hydrogen-bond donors (Lipinski definition) is 2. The van der Waals surface area contributed by atoms with Gasteiger partial charge in [-0.05, 0) is 19.9 Å². The Labute approximate surface area is 111 Å². The first-order chi connectivity index (χ1) is 8.56. The molecule has 0 fully saturated rings. The number of carboxylic acid groups (broad SMARTS) is 1. The SMILES string of the molecule is CCCCCCCCOCC(C)(NCC)C(=O)O. The van der Waals surface area contributed by atoms with Crippen molar-refractivity contribution in [1.82, 2.24) is 5.32 Å². The summed E-state index contributed by atoms with van der Waals surface area (Å²) in [6.45, 7) is 7.28. The normalized spacial score (nSPS) is 14.4. The predicted molar refractivity (Wildman–Crippen MR) is 73.9 cm³/mol. The van der Waals surface area contributed by atoms with Gasteiger partial charge in [0, 0.05) is 6.61 Å². The molecule has 1 atom stereocenters. The number of ether oxygens (including phenoxy) is 1. The van der Waals surface area contributed by atoms with E-state index in [2.05, 4.69) is 12.2 Å². The number of unbranched alkanes of at least 4 members (excludes halogenated alkanes) is 5. The molecule has 0 aliphatic rings. The minimum atomic E-state index is -0.961. The van der Waals surface area contributed by atoms with Crippen molar-refractivity contribution in [2.45, 2.75) is 64.8 Å². The third-order valence-electron chi connectivity index (χ3n) is 3.07. The van der Waals surface area contributed by atoms with Crippen LogP contribution in [0.4, 0.5) is 0 Å². The second kappa shape index (κ2) is 10.3. The van der Waals surface area contributed by atoms with Gasteiger partial charge < -0.3 is 15.2 Å². The summed E-state index contributed by atoms with van der Waals surface area (Å²) in [4.78, 5) is 11.1. The van der Waals surface area contributed by atoms with Gasteiger partial charge in [-0.1, -0.05) is 46.0 Å². The maximum absolute atomic E-state index is 11.1. The molecule has 0 aliphatic heterocycles. The van der Waals surface area contributed by atoms with Crippen LogP contribution in [0.2, 0.25) is 0 Å². The van der Waals surface area contributed by atoms with Crippen molar-refractivity contribution in [2.75, 3.05) is 19.8 Å². The molecule has 0 heterocycles. The van der Waals surface area contributed by atoms with Gasteiger partial charge in [0.15, 0.2) is 0 Å². The molecule has 0 aliphatic carbocycles. The van der Waals surface area contributed by atoms with E-state index in [9.17, 15) is 4.79 Å². The largest absolute Gasteiger partial charge is 0.480 e. The standard InChI is InChI=1S/C14H29NO3/c1-4-6-7-8-9-10-11-18-12-14(3,13(16)17)15-5-2/h15H,4-12H2,1-3H3,(H,16,17). The Balaban J connectivity index is 3.59. The Morgan fingerprint density at radius 2 is 1.78 bits per heavy atom. The van der Waals surface area contributed by atoms with E-state index in [4.69, 9.17) is 9.84 Å². The Morgan fingerprint density at radius 3 is 2.33 bits per heavy atom. The Morgan fingerprint density at radius 1 is 1.17 bits per heavy atom. The molecule has 108 valence electrons. The summed E-state index contributed by atoms with van der Waals surface area (Å²) in [5.74, 6) is -0.854. The van der Waals surface area contributed by atoms with Crippen LogP contribution in [0.15, 0.2) is 0 Å². The second-order valence-corrected chi connectivity index (χ2v) is 4.99. The number of hydrogen-bond acceptors (Lipinski definition) is 3. The molecule has 0 bridgehead atoms. The van der Waals surface area contributed by atoms with Gasteiger partial charge in [-0.2, -0.15) is 0 Å². The molecule has 0 spiro atoms. The van der Waals surface area contributed by atoms with Crippen molar-refractivity contribution < 1.29 is 14.6 Å². The van der Waals surface area contributed by atoms with E-state index in [-0.39, 0.29) is 6.61 Å². The first-order valence-corrected chi connectivity index (χ1v) is 7.13. The summed E-state index contributed by atoms with van der Waals surface area (Å²) >= 11 is 0. The molecule has 1 unspecified atom stereocenters. The van der Waals surface area contributed by atoms with Gasteiger partial charge in [0.2, 0.25) is 0 Å². The van der Waals surface area contributed by atoms with Crippen LogP contribution >= 0.6 is 0 Å². The van der Waals surface area contributed by atoms with Crippen molar-refractivity contribution in [3.63, 3.8) is 0 Å². The molecule has 4 nitrogen and oxygen atoms in total. The lowest BCUT2D eigenvalue weighted by molar-refractivity contribution is -0.146. The highest BCUT2D eigenvalue weighted by molar-refractivity contribution is 5.78. The maximum Gasteiger partial charge on any atom is 0.326 e. The first-order valence-electron chi connectivity index (χ1n) is 7.13. The molecule has 4 heteroatoms. The predicted octanol–water partition coefficient (Wildman–Crippen LogP) is 2.82. The number of likely N-dealkylation sites (N-methyl/N-ethyl adjacent to an activating group) is 1. The second-order valence-electron chi connectivity index (χ2n) is 4.99. The Hall–Kier alpha value is -0.610. The van der Waals surface area contributed by atoms with Crippen molar-refractivity contribution >= 4 is 5.97 Å². The monoisotopic (exact) mass is 259 g/mol. The summed E-state index contributed by atoms with van der Waals surface area (Å²) in [6, 6.07) is 0. The highest BCUT2D eigenvalue weighted by Crippen LogP contribution is 2.08. The van der Waals surface area contributed by atoms with Crippen molar-refractivity contribution in [2.24, 2.45) is 0 Å². The average molecular weight is 259 g/mol. The zero-order chi connectivity index (χ0) is 13.9. The summed E-state index contributed by atoms with van der Waals surface area (Å²) in [5, 5.41) is 12.1. The van der Waals surface area contributed by atoms with Gasteiger partial charge in [-0.25, -0.2) is 0 Å². The third kappa shape index (κ3) is 7.67. The number of carbonyl (C=O) groups is 1. The van der Waals surface area contributed by atoms with Gasteiger partial charge in [-0.3, -0.25) is 4.79 Å². The van der Waals surface area contributed by atoms with Gasteiger partial charge in [0.1, 0.15) is 5.54 Å². The molecular formula is C14H29NO3. The van der Waals surface area contributed by atoms with Crippen molar-refractivity contribution in [1.29, 1.82) is 0 Å². The molecule has 0 aromatic carbocycles. The Bertz CT molecular complexity index is 221. The van der Waals surface area contributed by atoms with E-state index in [1.165, 1.54) is 32.1 Å². The van der Waals surface area contributed by atoms with E-state index in [0.29, 0.717) is 13.2 Å². The van der Waals surface area contributed by atoms with Gasteiger partial charge >= 0.3 is 5.97 Å². The highest BCUT2D eigenvalue weighted by Gasteiger charge is 2.32. The zero-order valence-electron chi connectivity index (χ0n) is 12.1. The van der Waals surface area contributed by atoms with Gasteiger partial charge in [0.25, 0.3) is 0 Å². The van der Waals surface area contributed by atoms with Crippen LogP contribution in [0.1, 0.15) is 59.3 Å². The molecule has 0 aromatic rings. The fourth-order valence-corrected chi connectivity index (χ4v) is 1.84. The molecule has 0 aromatic heterocycles. The molecular weight excluding hydrogens is 230 g/mol. The average Bonchev–Trinajstić information content (AvgIpc) is 2.33. The molecule has 18 heavy (non-hydrogen) atoms. The lowest BCUT2D eigenvalue weighted by Crippen LogP contribution is -2.53. The van der Waals surface area contributed by atoms with Crippen LogP contribution < -0.4 is 5.32 Å². The van der Waals surface area contributed by atoms with Crippen molar-refractivity contribution in [3.8, 4) is 0 Å². The lowest BCUT2D eigenvalue weighted by Gasteiger charge is -2.25. The van der Waals surface area contributed by atoms with E-state index >= 15 is 0 Å². The van der Waals surface area contributed by atoms with Gasteiger partial charge in [-0.15, -0.1) is 0 Å². The zero-order valence-corrected chi connectivity index (χ0v) is 12.1. The highest BCUT2D eigenvalue weighted by atomic mass is 16.5. The van der Waals surface area contributed by atoms with Gasteiger partial charge in [0.05, 0.1) is 6.61 Å². The fraction of sp³-hybridized carbons (Fsp3) is 0.929. The summed E-state index contributed by atoms with van der Waals surface area (Å²) in [6.07, 6.45) is 7.30. The summed E-state index contributed by atoms with van der Waals surface area (Å²) < 4.78 is 5.48. The Kier molecular flexibility index (Phi) is 9.98. The van der Waals surface area contributed by atoms with E-state index < -0.39 is 11.5 Å². The van der Waals surface area contributed by atoms with Crippen LogP contribution in [0, 0.1) is 0 Å². The molecule has 0 radical (unpaired) electrons. The summed E-state index contributed by atoms with van der Waals surface area (Å²) in [7, 11) is 0.